The summed E-state index contributed by atoms with van der Waals surface area (Å²) >= 11 is 0. The summed E-state index contributed by atoms with van der Waals surface area (Å²) in [4.78, 5) is 24.7. The van der Waals surface area contributed by atoms with Gasteiger partial charge < -0.3 is 24.3 Å². The minimum atomic E-state index is -3.60. The van der Waals surface area contributed by atoms with Gasteiger partial charge in [0.05, 0.1) is 31.7 Å². The number of rotatable bonds is 12. The van der Waals surface area contributed by atoms with Crippen LogP contribution in [0, 0.1) is 6.92 Å². The fourth-order valence-corrected chi connectivity index (χ4v) is 5.04. The molecule has 35 heavy (non-hydrogen) atoms. The van der Waals surface area contributed by atoms with E-state index in [1.54, 1.807) is 31.7 Å². The molecule has 12 heteroatoms. The van der Waals surface area contributed by atoms with Crippen molar-refractivity contribution in [2.75, 3.05) is 12.1 Å². The molecular formula is C23H33N6O5P. The fraction of sp³-hybridized carbons (Fsp3) is 0.478. The maximum atomic E-state index is 13.7. The molecule has 0 saturated carbocycles. The van der Waals surface area contributed by atoms with Crippen LogP contribution < -0.4 is 10.8 Å². The predicted octanol–water partition coefficient (Wildman–Crippen LogP) is 3.42. The van der Waals surface area contributed by atoms with Crippen molar-refractivity contribution in [3.8, 4) is 0 Å². The number of carbonyl (C=O) groups is 1. The zero-order valence-electron chi connectivity index (χ0n) is 20.7. The van der Waals surface area contributed by atoms with E-state index in [-0.39, 0.29) is 25.2 Å². The van der Waals surface area contributed by atoms with E-state index in [4.69, 9.17) is 19.7 Å². The second kappa shape index (κ2) is 11.7. The molecule has 2 heterocycles. The Balaban J connectivity index is 1.69. The molecule has 0 bridgehead atoms. The number of nitrogens with two attached hydrogens (primary N) is 1. The highest BCUT2D eigenvalue weighted by Gasteiger charge is 2.31. The van der Waals surface area contributed by atoms with Crippen molar-refractivity contribution in [1.29, 1.82) is 0 Å². The molecule has 1 unspecified atom stereocenters. The summed E-state index contributed by atoms with van der Waals surface area (Å²) in [5, 5.41) is 2.82. The Hall–Kier alpha value is -2.85. The number of aryl methyl sites for hydroxylation is 1. The molecule has 3 rings (SSSR count). The number of nitrogen functional groups attached to an aromatic ring is 1. The fourth-order valence-electron chi connectivity index (χ4n) is 3.33. The molecule has 0 aliphatic heterocycles. The highest BCUT2D eigenvalue weighted by atomic mass is 31.2. The van der Waals surface area contributed by atoms with Crippen molar-refractivity contribution in [2.45, 2.75) is 66.0 Å². The van der Waals surface area contributed by atoms with Gasteiger partial charge in [-0.15, -0.1) is 0 Å². The highest BCUT2D eigenvalue weighted by Crippen LogP contribution is 2.44. The summed E-state index contributed by atoms with van der Waals surface area (Å²) in [6.07, 6.45) is 2.06. The van der Waals surface area contributed by atoms with Crippen LogP contribution in [-0.2, 0) is 36.5 Å². The molecule has 1 aromatic carbocycles. The number of imidazole rings is 1. The normalized spacial score (nSPS) is 15.1. The lowest BCUT2D eigenvalue weighted by Gasteiger charge is -2.25. The second-order valence-electron chi connectivity index (χ2n) is 8.64. The Bertz CT molecular complexity index is 1200. The lowest BCUT2D eigenvalue weighted by molar-refractivity contribution is -0.149. The first-order valence-corrected chi connectivity index (χ1v) is 13.2. The maximum Gasteiger partial charge on any atom is 0.323 e. The largest absolute Gasteiger partial charge is 0.462 e. The number of benzene rings is 1. The van der Waals surface area contributed by atoms with Crippen LogP contribution in [-0.4, -0.2) is 50.1 Å². The number of nitrogens with zero attached hydrogens (tertiary/aromatic N) is 4. The standard InChI is InChI=1S/C23H33N6O5P/c1-15(2)34-23(30)18(5)28-35(31,33-11-19-9-7-6-8-16(19)3)14-32-17(4)10-29-13-27-20-21(24)25-12-26-22(20)29/h6-9,12-13,15,17-18H,10-11,14H2,1-5H3,(H,28,31)(H2,24,25,26)/t17-,18+,35?/m1/s1. The number of hydrogen-bond donors (Lipinski definition) is 2. The summed E-state index contributed by atoms with van der Waals surface area (Å²) in [6.45, 7) is 9.35. The van der Waals surface area contributed by atoms with E-state index >= 15 is 0 Å². The van der Waals surface area contributed by atoms with Crippen molar-refractivity contribution >= 4 is 30.5 Å². The average molecular weight is 505 g/mol. The summed E-state index contributed by atoms with van der Waals surface area (Å²) < 4.78 is 32.5. The van der Waals surface area contributed by atoms with Gasteiger partial charge in [0.15, 0.2) is 11.5 Å². The van der Waals surface area contributed by atoms with Gasteiger partial charge in [-0.05, 0) is 45.7 Å². The number of fused-ring (bicyclic) bond motifs is 1. The number of anilines is 1. The molecule has 11 nitrogen and oxygen atoms in total. The third-order valence-electron chi connectivity index (χ3n) is 5.20. The molecule has 0 amide bonds. The lowest BCUT2D eigenvalue weighted by Crippen LogP contribution is -2.36. The minimum Gasteiger partial charge on any atom is -0.462 e. The minimum absolute atomic E-state index is 0.100. The van der Waals surface area contributed by atoms with E-state index in [1.807, 2.05) is 38.1 Å². The molecule has 3 atom stereocenters. The Labute approximate surface area is 204 Å². The number of nitrogens with one attached hydrogen (secondary N) is 1. The first kappa shape index (κ1) is 26.7. The zero-order valence-corrected chi connectivity index (χ0v) is 21.6. The molecule has 0 spiro atoms. The number of hydrogen-bond acceptors (Lipinski definition) is 9. The van der Waals surface area contributed by atoms with Crippen molar-refractivity contribution in [3.05, 3.63) is 48.0 Å². The van der Waals surface area contributed by atoms with Crippen LogP contribution >= 0.6 is 7.52 Å². The Morgan fingerprint density at radius 2 is 1.91 bits per heavy atom. The number of carbonyl (C=O) groups excluding carboxylic acids is 1. The van der Waals surface area contributed by atoms with Crippen molar-refractivity contribution < 1.29 is 23.4 Å². The molecule has 0 fully saturated rings. The Kier molecular flexibility index (Phi) is 8.96. The van der Waals surface area contributed by atoms with Crippen LogP contribution in [0.1, 0.15) is 38.8 Å². The highest BCUT2D eigenvalue weighted by molar-refractivity contribution is 7.56. The summed E-state index contributed by atoms with van der Waals surface area (Å²) in [5.74, 6) is -0.224. The third kappa shape index (κ3) is 7.32. The van der Waals surface area contributed by atoms with E-state index in [0.717, 1.165) is 11.1 Å². The van der Waals surface area contributed by atoms with Crippen LogP contribution in [0.4, 0.5) is 5.82 Å². The van der Waals surface area contributed by atoms with E-state index in [1.165, 1.54) is 6.33 Å². The molecule has 2 aromatic heterocycles. The lowest BCUT2D eigenvalue weighted by atomic mass is 10.1. The van der Waals surface area contributed by atoms with Gasteiger partial charge in [0, 0.05) is 0 Å². The van der Waals surface area contributed by atoms with Crippen molar-refractivity contribution in [1.82, 2.24) is 24.6 Å². The smallest absolute Gasteiger partial charge is 0.323 e. The van der Waals surface area contributed by atoms with Crippen LogP contribution in [0.2, 0.25) is 0 Å². The SMILES string of the molecule is Cc1ccccc1COP(=O)(CO[C@H](C)Cn1cnc2c(N)ncnc21)N[C@@H](C)C(=O)OC(C)C. The third-order valence-corrected chi connectivity index (χ3v) is 7.01. The summed E-state index contributed by atoms with van der Waals surface area (Å²) in [7, 11) is -3.60. The number of esters is 1. The summed E-state index contributed by atoms with van der Waals surface area (Å²) in [6, 6.07) is 6.80. The number of aromatic nitrogens is 4. The molecule has 0 aliphatic rings. The van der Waals surface area contributed by atoms with Gasteiger partial charge in [-0.1, -0.05) is 24.3 Å². The van der Waals surface area contributed by atoms with Crippen molar-refractivity contribution in [2.24, 2.45) is 0 Å². The molecule has 0 radical (unpaired) electrons. The topological polar surface area (TPSA) is 143 Å². The van der Waals surface area contributed by atoms with Crippen molar-refractivity contribution in [3.63, 3.8) is 0 Å². The quantitative estimate of drug-likeness (QED) is 0.278. The maximum absolute atomic E-state index is 13.7. The molecule has 3 aromatic rings. The van der Waals surface area contributed by atoms with Gasteiger partial charge >= 0.3 is 5.97 Å². The van der Waals surface area contributed by atoms with Crippen LogP contribution in [0.25, 0.3) is 11.2 Å². The predicted molar refractivity (Wildman–Crippen MR) is 133 cm³/mol. The summed E-state index contributed by atoms with van der Waals surface area (Å²) in [5.41, 5.74) is 8.83. The van der Waals surface area contributed by atoms with Gasteiger partial charge in [0.1, 0.15) is 24.2 Å². The van der Waals surface area contributed by atoms with Crippen LogP contribution in [0.3, 0.4) is 0 Å². The van der Waals surface area contributed by atoms with E-state index in [2.05, 4.69) is 20.0 Å². The molecule has 0 saturated heterocycles. The van der Waals surface area contributed by atoms with Crippen LogP contribution in [0.15, 0.2) is 36.9 Å². The van der Waals surface area contributed by atoms with Gasteiger partial charge in [-0.25, -0.2) is 20.0 Å². The Morgan fingerprint density at radius 3 is 2.63 bits per heavy atom. The molecule has 3 N–H and O–H groups in total. The monoisotopic (exact) mass is 504 g/mol. The molecule has 190 valence electrons. The second-order valence-corrected chi connectivity index (χ2v) is 10.8. The van der Waals surface area contributed by atoms with Gasteiger partial charge in [-0.3, -0.25) is 9.36 Å². The Morgan fingerprint density at radius 1 is 1.17 bits per heavy atom. The average Bonchev–Trinajstić information content (AvgIpc) is 3.21. The van der Waals surface area contributed by atoms with Crippen LogP contribution in [0.5, 0.6) is 0 Å². The molecule has 0 aliphatic carbocycles. The van der Waals surface area contributed by atoms with Gasteiger partial charge in [-0.2, -0.15) is 0 Å². The first-order valence-electron chi connectivity index (χ1n) is 11.4. The first-order chi connectivity index (χ1) is 16.6. The number of ether oxygens (including phenoxy) is 2. The van der Waals surface area contributed by atoms with E-state index in [0.29, 0.717) is 23.5 Å². The molecular weight excluding hydrogens is 471 g/mol. The van der Waals surface area contributed by atoms with E-state index < -0.39 is 19.5 Å². The van der Waals surface area contributed by atoms with Gasteiger partial charge in [0.25, 0.3) is 7.52 Å². The van der Waals surface area contributed by atoms with Gasteiger partial charge in [0.2, 0.25) is 0 Å². The van der Waals surface area contributed by atoms with E-state index in [9.17, 15) is 9.36 Å². The zero-order chi connectivity index (χ0) is 25.6.